The van der Waals surface area contributed by atoms with Crippen LogP contribution in [0.1, 0.15) is 42.3 Å². The molecule has 1 aromatic rings. The van der Waals surface area contributed by atoms with Crippen LogP contribution in [0.2, 0.25) is 0 Å². The zero-order valence-corrected chi connectivity index (χ0v) is 19.0. The predicted octanol–water partition coefficient (Wildman–Crippen LogP) is 3.47. The number of likely N-dealkylation sites (tertiary alicyclic amines) is 1. The highest BCUT2D eigenvalue weighted by molar-refractivity contribution is 14.0. The van der Waals surface area contributed by atoms with Gasteiger partial charge in [-0.3, -0.25) is 4.90 Å². The predicted molar refractivity (Wildman–Crippen MR) is 119 cm³/mol. The van der Waals surface area contributed by atoms with E-state index in [9.17, 15) is 0 Å². The van der Waals surface area contributed by atoms with Gasteiger partial charge >= 0.3 is 0 Å². The average Bonchev–Trinajstić information content (AvgIpc) is 2.85. The molecule has 0 spiro atoms. The van der Waals surface area contributed by atoms with Crippen molar-refractivity contribution in [2.24, 2.45) is 4.99 Å². The van der Waals surface area contributed by atoms with Gasteiger partial charge in [-0.05, 0) is 40.5 Å². The van der Waals surface area contributed by atoms with E-state index in [0.29, 0.717) is 12.6 Å². The summed E-state index contributed by atoms with van der Waals surface area (Å²) in [5.74, 6) is 0.904. The van der Waals surface area contributed by atoms with Crippen LogP contribution in [-0.4, -0.2) is 48.1 Å². The van der Waals surface area contributed by atoms with E-state index in [-0.39, 0.29) is 24.0 Å². The van der Waals surface area contributed by atoms with Crippen molar-refractivity contribution in [2.45, 2.75) is 53.1 Å². The summed E-state index contributed by atoms with van der Waals surface area (Å²) in [7, 11) is 0. The van der Waals surface area contributed by atoms with Crippen LogP contribution in [0, 0.1) is 13.8 Å². The van der Waals surface area contributed by atoms with Crippen molar-refractivity contribution in [1.29, 1.82) is 0 Å². The Balaban J connectivity index is 0.00000312. The summed E-state index contributed by atoms with van der Waals surface area (Å²) in [6, 6.07) is 0.490. The number of aromatic nitrogens is 1. The third kappa shape index (κ3) is 7.62. The monoisotopic (exact) mass is 477 g/mol. The van der Waals surface area contributed by atoms with E-state index in [1.807, 2.05) is 0 Å². The third-order valence-electron chi connectivity index (χ3n) is 4.21. The Morgan fingerprint density at radius 1 is 1.36 bits per heavy atom. The van der Waals surface area contributed by atoms with Gasteiger partial charge < -0.3 is 10.6 Å². The maximum Gasteiger partial charge on any atom is 0.191 e. The van der Waals surface area contributed by atoms with E-state index in [4.69, 9.17) is 4.99 Å². The highest BCUT2D eigenvalue weighted by Crippen LogP contribution is 2.17. The third-order valence-corrected chi connectivity index (χ3v) is 5.27. The van der Waals surface area contributed by atoms with E-state index in [0.717, 1.165) is 55.7 Å². The Hall–Kier alpha value is -0.670. The number of hydrogen-bond acceptors (Lipinski definition) is 4. The molecule has 2 heterocycles. The minimum atomic E-state index is 0. The Kier molecular flexibility index (Phi) is 9.96. The second-order valence-electron chi connectivity index (χ2n) is 6.60. The molecule has 0 aliphatic carbocycles. The van der Waals surface area contributed by atoms with Crippen LogP contribution in [-0.2, 0) is 6.54 Å². The minimum Gasteiger partial charge on any atom is -0.357 e. The first-order chi connectivity index (χ1) is 11.5. The van der Waals surface area contributed by atoms with E-state index in [1.54, 1.807) is 11.3 Å². The molecule has 2 rings (SSSR count). The smallest absolute Gasteiger partial charge is 0.191 e. The minimum absolute atomic E-state index is 0. The maximum atomic E-state index is 4.71. The fourth-order valence-electron chi connectivity index (χ4n) is 2.88. The molecule has 1 saturated heterocycles. The summed E-state index contributed by atoms with van der Waals surface area (Å²) in [6.45, 7) is 17.2. The molecule has 2 N–H and O–H groups in total. The SMILES string of the molecule is C=C(C)CN1CCC(NC(=NCc2nc(C)c(C)s2)NCC)CC1.I. The van der Waals surface area contributed by atoms with Crippen molar-refractivity contribution >= 4 is 41.3 Å². The molecular formula is C18H32IN5S. The van der Waals surface area contributed by atoms with Crippen LogP contribution in [0.3, 0.4) is 0 Å². The molecule has 1 aliphatic rings. The molecule has 0 bridgehead atoms. The first-order valence-corrected chi connectivity index (χ1v) is 9.64. The molecule has 0 radical (unpaired) electrons. The van der Waals surface area contributed by atoms with Gasteiger partial charge in [0.05, 0.1) is 12.2 Å². The lowest BCUT2D eigenvalue weighted by atomic mass is 10.0. The summed E-state index contributed by atoms with van der Waals surface area (Å²) >= 11 is 1.74. The highest BCUT2D eigenvalue weighted by Gasteiger charge is 2.19. The zero-order valence-electron chi connectivity index (χ0n) is 15.9. The fourth-order valence-corrected chi connectivity index (χ4v) is 3.74. The van der Waals surface area contributed by atoms with Crippen molar-refractivity contribution in [1.82, 2.24) is 20.5 Å². The molecule has 1 fully saturated rings. The molecule has 0 atom stereocenters. The van der Waals surface area contributed by atoms with Gasteiger partial charge in [0.2, 0.25) is 0 Å². The Labute approximate surface area is 173 Å². The summed E-state index contributed by atoms with van der Waals surface area (Å²) < 4.78 is 0. The van der Waals surface area contributed by atoms with Crippen LogP contribution >= 0.6 is 35.3 Å². The lowest BCUT2D eigenvalue weighted by Gasteiger charge is -2.33. The number of aryl methyl sites for hydroxylation is 2. The van der Waals surface area contributed by atoms with Crippen LogP contribution < -0.4 is 10.6 Å². The van der Waals surface area contributed by atoms with Crippen molar-refractivity contribution in [3.8, 4) is 0 Å². The molecule has 142 valence electrons. The number of aliphatic imine (C=N–C) groups is 1. The number of halogens is 1. The normalized spacial score (nSPS) is 16.4. The Bertz CT molecular complexity index is 557. The fraction of sp³-hybridized carbons (Fsp3) is 0.667. The first-order valence-electron chi connectivity index (χ1n) is 8.82. The molecule has 7 heteroatoms. The van der Waals surface area contributed by atoms with Gasteiger partial charge in [-0.15, -0.1) is 35.3 Å². The molecule has 0 saturated carbocycles. The summed E-state index contributed by atoms with van der Waals surface area (Å²) in [5, 5.41) is 8.02. The summed E-state index contributed by atoms with van der Waals surface area (Å²) in [4.78, 5) is 13.0. The van der Waals surface area contributed by atoms with Gasteiger partial charge in [0.25, 0.3) is 0 Å². The highest BCUT2D eigenvalue weighted by atomic mass is 127. The van der Waals surface area contributed by atoms with Gasteiger partial charge in [-0.1, -0.05) is 12.2 Å². The second kappa shape index (κ2) is 11.1. The summed E-state index contributed by atoms with van der Waals surface area (Å²) in [6.07, 6.45) is 2.29. The van der Waals surface area contributed by atoms with Gasteiger partial charge in [0.1, 0.15) is 5.01 Å². The first kappa shape index (κ1) is 22.4. The van der Waals surface area contributed by atoms with Gasteiger partial charge in [-0.25, -0.2) is 9.98 Å². The molecule has 0 aromatic carbocycles. The molecule has 1 aromatic heterocycles. The molecular weight excluding hydrogens is 445 g/mol. The van der Waals surface area contributed by atoms with Crippen molar-refractivity contribution in [3.05, 3.63) is 27.7 Å². The van der Waals surface area contributed by atoms with Crippen molar-refractivity contribution in [2.75, 3.05) is 26.2 Å². The molecule has 25 heavy (non-hydrogen) atoms. The number of rotatable bonds is 6. The van der Waals surface area contributed by atoms with Crippen LogP contribution in [0.5, 0.6) is 0 Å². The molecule has 5 nitrogen and oxygen atoms in total. The molecule has 1 aliphatic heterocycles. The van der Waals surface area contributed by atoms with E-state index in [2.05, 4.69) is 54.8 Å². The van der Waals surface area contributed by atoms with E-state index < -0.39 is 0 Å². The standard InChI is InChI=1S/C18H31N5S.HI/c1-6-19-18(20-11-17-21-14(4)15(5)24-17)22-16-7-9-23(10-8-16)12-13(2)3;/h16H,2,6-12H2,1,3-5H3,(H2,19,20,22);1H. The van der Waals surface area contributed by atoms with Crippen molar-refractivity contribution in [3.63, 3.8) is 0 Å². The summed E-state index contributed by atoms with van der Waals surface area (Å²) in [5.41, 5.74) is 2.36. The molecule has 0 amide bonds. The van der Waals surface area contributed by atoms with Crippen LogP contribution in [0.4, 0.5) is 0 Å². The van der Waals surface area contributed by atoms with Crippen molar-refractivity contribution < 1.29 is 0 Å². The largest absolute Gasteiger partial charge is 0.357 e. The average molecular weight is 477 g/mol. The lowest BCUT2D eigenvalue weighted by molar-refractivity contribution is 0.221. The number of thiazole rings is 1. The Morgan fingerprint density at radius 2 is 2.04 bits per heavy atom. The number of hydrogen-bond donors (Lipinski definition) is 2. The van der Waals surface area contributed by atoms with Gasteiger partial charge in [0, 0.05) is 37.1 Å². The lowest BCUT2D eigenvalue weighted by Crippen LogP contribution is -2.48. The number of nitrogens with one attached hydrogen (secondary N) is 2. The van der Waals surface area contributed by atoms with E-state index >= 15 is 0 Å². The number of piperidine rings is 1. The Morgan fingerprint density at radius 3 is 2.56 bits per heavy atom. The maximum absolute atomic E-state index is 4.71. The number of guanidine groups is 1. The topological polar surface area (TPSA) is 52.5 Å². The zero-order chi connectivity index (χ0) is 17.5. The second-order valence-corrected chi connectivity index (χ2v) is 7.88. The van der Waals surface area contributed by atoms with Crippen LogP contribution in [0.25, 0.3) is 0 Å². The quantitative estimate of drug-likeness (QED) is 0.285. The molecule has 0 unspecified atom stereocenters. The van der Waals surface area contributed by atoms with Gasteiger partial charge in [-0.2, -0.15) is 0 Å². The van der Waals surface area contributed by atoms with Crippen LogP contribution in [0.15, 0.2) is 17.1 Å². The number of nitrogens with zero attached hydrogens (tertiary/aromatic N) is 3. The van der Waals surface area contributed by atoms with Gasteiger partial charge in [0.15, 0.2) is 5.96 Å². The van der Waals surface area contributed by atoms with E-state index in [1.165, 1.54) is 10.5 Å².